The van der Waals surface area contributed by atoms with E-state index in [1.807, 2.05) is 6.92 Å². The fourth-order valence-electron chi connectivity index (χ4n) is 1.51. The second-order valence-corrected chi connectivity index (χ2v) is 3.97. The highest BCUT2D eigenvalue weighted by Crippen LogP contribution is 2.32. The van der Waals surface area contributed by atoms with Gasteiger partial charge in [0.05, 0.1) is 18.6 Å². The van der Waals surface area contributed by atoms with E-state index in [4.69, 9.17) is 4.74 Å². The molecule has 1 amide bonds. The molecule has 0 saturated heterocycles. The number of carbonyl (C=O) groups excluding carboxylic acids is 1. The van der Waals surface area contributed by atoms with Crippen LogP contribution in [0.3, 0.4) is 0 Å². The van der Waals surface area contributed by atoms with E-state index in [-0.39, 0.29) is 23.9 Å². The first-order valence-corrected chi connectivity index (χ1v) is 6.02. The van der Waals surface area contributed by atoms with Crippen molar-refractivity contribution < 1.29 is 18.8 Å². The number of rotatable bonds is 7. The van der Waals surface area contributed by atoms with E-state index in [0.717, 1.165) is 12.5 Å². The van der Waals surface area contributed by atoms with Crippen molar-refractivity contribution >= 4 is 17.3 Å². The van der Waals surface area contributed by atoms with E-state index in [1.165, 1.54) is 13.2 Å². The van der Waals surface area contributed by atoms with Crippen molar-refractivity contribution in [2.24, 2.45) is 0 Å². The Labute approximate surface area is 115 Å². The van der Waals surface area contributed by atoms with Crippen LogP contribution in [0.25, 0.3) is 0 Å². The zero-order chi connectivity index (χ0) is 15.1. The van der Waals surface area contributed by atoms with Crippen molar-refractivity contribution in [2.75, 3.05) is 25.5 Å². The van der Waals surface area contributed by atoms with Gasteiger partial charge in [0.1, 0.15) is 11.4 Å². The van der Waals surface area contributed by atoms with Gasteiger partial charge in [-0.15, -0.1) is 0 Å². The normalized spacial score (nSPS) is 9.95. The van der Waals surface area contributed by atoms with Gasteiger partial charge in [-0.25, -0.2) is 0 Å². The van der Waals surface area contributed by atoms with Crippen LogP contribution in [0.2, 0.25) is 0 Å². The summed E-state index contributed by atoms with van der Waals surface area (Å²) in [4.78, 5) is 21.4. The van der Waals surface area contributed by atoms with Gasteiger partial charge in [0.2, 0.25) is 11.7 Å². The van der Waals surface area contributed by atoms with Gasteiger partial charge in [0.25, 0.3) is 0 Å². The summed E-state index contributed by atoms with van der Waals surface area (Å²) in [5.74, 6) is -1.22. The highest BCUT2D eigenvalue weighted by Gasteiger charge is 2.22. The molecule has 0 aliphatic rings. The van der Waals surface area contributed by atoms with Gasteiger partial charge in [-0.1, -0.05) is 6.92 Å². The number of methoxy groups -OCH3 is 1. The molecule has 0 fully saturated rings. The lowest BCUT2D eigenvalue weighted by atomic mass is 10.2. The van der Waals surface area contributed by atoms with Gasteiger partial charge >= 0.3 is 5.69 Å². The number of benzene rings is 1. The van der Waals surface area contributed by atoms with Crippen molar-refractivity contribution in [2.45, 2.75) is 13.3 Å². The van der Waals surface area contributed by atoms with Gasteiger partial charge in [-0.05, 0) is 6.42 Å². The van der Waals surface area contributed by atoms with E-state index in [1.54, 1.807) is 0 Å². The Morgan fingerprint density at radius 2 is 2.20 bits per heavy atom. The molecule has 0 aromatic heterocycles. The highest BCUT2D eigenvalue weighted by molar-refractivity contribution is 5.81. The van der Waals surface area contributed by atoms with Gasteiger partial charge in [-0.3, -0.25) is 14.9 Å². The largest absolute Gasteiger partial charge is 0.497 e. The molecule has 1 aromatic rings. The fourth-order valence-corrected chi connectivity index (χ4v) is 1.51. The molecule has 0 bridgehead atoms. The summed E-state index contributed by atoms with van der Waals surface area (Å²) < 4.78 is 18.5. The summed E-state index contributed by atoms with van der Waals surface area (Å²) in [7, 11) is 1.32. The number of nitrogens with one attached hydrogen (secondary N) is 2. The average Bonchev–Trinajstić information content (AvgIpc) is 2.41. The summed E-state index contributed by atoms with van der Waals surface area (Å²) >= 11 is 0. The van der Waals surface area contributed by atoms with Gasteiger partial charge in [0.15, 0.2) is 0 Å². The topological polar surface area (TPSA) is 93.5 Å². The van der Waals surface area contributed by atoms with Crippen LogP contribution in [0.4, 0.5) is 15.8 Å². The summed E-state index contributed by atoms with van der Waals surface area (Å²) in [6.45, 7) is 2.22. The number of hydrogen-bond donors (Lipinski definition) is 2. The Morgan fingerprint density at radius 3 is 2.75 bits per heavy atom. The molecule has 0 aliphatic carbocycles. The van der Waals surface area contributed by atoms with Crippen LogP contribution in [0.1, 0.15) is 13.3 Å². The smallest absolute Gasteiger partial charge is 0.327 e. The minimum Gasteiger partial charge on any atom is -0.497 e. The molecule has 8 heteroatoms. The predicted molar refractivity (Wildman–Crippen MR) is 71.4 cm³/mol. The monoisotopic (exact) mass is 285 g/mol. The summed E-state index contributed by atoms with van der Waals surface area (Å²) in [6.07, 6.45) is 0.777. The van der Waals surface area contributed by atoms with E-state index < -0.39 is 16.4 Å². The van der Waals surface area contributed by atoms with Crippen LogP contribution in [0, 0.1) is 15.9 Å². The standard InChI is InChI=1S/C12H16FN3O4/c1-3-4-14-11(17)7-15-10-6-8(20-2)5-9(13)12(10)16(18)19/h5-6,15H,3-4,7H2,1-2H3,(H,14,17). The molecule has 20 heavy (non-hydrogen) atoms. The molecule has 0 aliphatic heterocycles. The van der Waals surface area contributed by atoms with E-state index >= 15 is 0 Å². The maximum atomic E-state index is 13.6. The SMILES string of the molecule is CCCNC(=O)CNc1cc(OC)cc(F)c1[N+](=O)[O-]. The second-order valence-electron chi connectivity index (χ2n) is 3.97. The van der Waals surface area contributed by atoms with E-state index in [9.17, 15) is 19.3 Å². The van der Waals surface area contributed by atoms with Crippen LogP contribution in [-0.2, 0) is 4.79 Å². The number of nitro groups is 1. The number of amides is 1. The lowest BCUT2D eigenvalue weighted by Crippen LogP contribution is -2.30. The molecular weight excluding hydrogens is 269 g/mol. The first-order valence-electron chi connectivity index (χ1n) is 6.02. The maximum Gasteiger partial charge on any atom is 0.327 e. The molecule has 0 unspecified atom stereocenters. The van der Waals surface area contributed by atoms with Crippen molar-refractivity contribution in [1.82, 2.24) is 5.32 Å². The van der Waals surface area contributed by atoms with Gasteiger partial charge in [-0.2, -0.15) is 4.39 Å². The highest BCUT2D eigenvalue weighted by atomic mass is 19.1. The molecule has 0 saturated carbocycles. The molecule has 1 aromatic carbocycles. The number of halogens is 1. The second kappa shape index (κ2) is 7.27. The van der Waals surface area contributed by atoms with Crippen LogP contribution in [0.5, 0.6) is 5.75 Å². The number of nitrogens with zero attached hydrogens (tertiary/aromatic N) is 1. The molecule has 0 spiro atoms. The Bertz CT molecular complexity index is 508. The maximum absolute atomic E-state index is 13.6. The molecule has 0 heterocycles. The molecule has 0 radical (unpaired) electrons. The molecule has 1 rings (SSSR count). The minimum absolute atomic E-state index is 0.0986. The van der Waals surface area contributed by atoms with Crippen molar-refractivity contribution in [3.05, 3.63) is 28.1 Å². The number of carbonyl (C=O) groups is 1. The van der Waals surface area contributed by atoms with E-state index in [0.29, 0.717) is 6.54 Å². The third-order valence-corrected chi connectivity index (χ3v) is 2.47. The quantitative estimate of drug-likeness (QED) is 0.587. The van der Waals surface area contributed by atoms with Crippen LogP contribution in [-0.4, -0.2) is 31.0 Å². The average molecular weight is 285 g/mol. The van der Waals surface area contributed by atoms with Crippen molar-refractivity contribution in [3.8, 4) is 5.75 Å². The molecule has 7 nitrogen and oxygen atoms in total. The van der Waals surface area contributed by atoms with Crippen LogP contribution in [0.15, 0.2) is 12.1 Å². The minimum atomic E-state index is -1.02. The number of hydrogen-bond acceptors (Lipinski definition) is 5. The summed E-state index contributed by atoms with van der Waals surface area (Å²) in [6, 6.07) is 2.19. The lowest BCUT2D eigenvalue weighted by Gasteiger charge is -2.09. The molecule has 110 valence electrons. The number of ether oxygens (including phenoxy) is 1. The molecular formula is C12H16FN3O4. The Kier molecular flexibility index (Phi) is 5.70. The first-order chi connectivity index (χ1) is 9.49. The first kappa shape index (κ1) is 15.7. The van der Waals surface area contributed by atoms with E-state index in [2.05, 4.69) is 10.6 Å². The van der Waals surface area contributed by atoms with Crippen LogP contribution >= 0.6 is 0 Å². The fraction of sp³-hybridized carbons (Fsp3) is 0.417. The molecule has 2 N–H and O–H groups in total. The zero-order valence-electron chi connectivity index (χ0n) is 11.2. The lowest BCUT2D eigenvalue weighted by molar-refractivity contribution is -0.386. The number of nitro benzene ring substituents is 1. The summed E-state index contributed by atoms with van der Waals surface area (Å²) in [5.41, 5.74) is -0.812. The third-order valence-electron chi connectivity index (χ3n) is 2.47. The summed E-state index contributed by atoms with van der Waals surface area (Å²) in [5, 5.41) is 16.0. The van der Waals surface area contributed by atoms with Gasteiger partial charge in [0, 0.05) is 18.7 Å². The van der Waals surface area contributed by atoms with Gasteiger partial charge < -0.3 is 15.4 Å². The predicted octanol–water partition coefficient (Wildman–Crippen LogP) is 1.68. The zero-order valence-corrected chi connectivity index (χ0v) is 11.2. The molecule has 0 atom stereocenters. The Balaban J connectivity index is 2.89. The van der Waals surface area contributed by atoms with Crippen molar-refractivity contribution in [1.29, 1.82) is 0 Å². The number of anilines is 1. The Morgan fingerprint density at radius 1 is 1.50 bits per heavy atom. The Hall–Kier alpha value is -2.38. The third kappa shape index (κ3) is 4.08. The van der Waals surface area contributed by atoms with Crippen LogP contribution < -0.4 is 15.4 Å². The van der Waals surface area contributed by atoms with Crippen molar-refractivity contribution in [3.63, 3.8) is 0 Å².